The highest BCUT2D eigenvalue weighted by Gasteiger charge is 2.18. The third kappa shape index (κ3) is 2.66. The molecule has 3 rings (SSSR count). The molecule has 2 N–H and O–H groups in total. The van der Waals surface area contributed by atoms with E-state index >= 15 is 0 Å². The zero-order valence-electron chi connectivity index (χ0n) is 11.9. The molecule has 0 spiro atoms. The van der Waals surface area contributed by atoms with E-state index in [0.29, 0.717) is 5.92 Å². The predicted octanol–water partition coefficient (Wildman–Crippen LogP) is 2.81. The van der Waals surface area contributed by atoms with Crippen molar-refractivity contribution in [3.05, 3.63) is 23.8 Å². The Balaban J connectivity index is 1.87. The standard InChI is InChI=1S/C15H21N5/c1-11-7-8-13(16)9-14(11)15-17-18-19-20(15)10-12-5-3-2-4-6-12/h7-9,12H,2-6,10,16H2,1H3. The molecule has 5 heteroatoms. The lowest BCUT2D eigenvalue weighted by Crippen LogP contribution is -2.16. The van der Waals surface area contributed by atoms with Crippen molar-refractivity contribution in [2.75, 3.05) is 5.73 Å². The Kier molecular flexibility index (Phi) is 3.67. The van der Waals surface area contributed by atoms with Crippen LogP contribution in [0, 0.1) is 12.8 Å². The third-order valence-electron chi connectivity index (χ3n) is 4.19. The zero-order chi connectivity index (χ0) is 13.9. The minimum atomic E-state index is 0.701. The molecule has 1 aromatic heterocycles. The lowest BCUT2D eigenvalue weighted by Gasteiger charge is -2.21. The molecule has 0 aliphatic heterocycles. The van der Waals surface area contributed by atoms with Gasteiger partial charge in [0.05, 0.1) is 0 Å². The summed E-state index contributed by atoms with van der Waals surface area (Å²) in [5, 5.41) is 12.2. The molecule has 106 valence electrons. The molecule has 1 fully saturated rings. The highest BCUT2D eigenvalue weighted by atomic mass is 15.5. The Bertz CT molecular complexity index is 584. The predicted molar refractivity (Wildman–Crippen MR) is 79.0 cm³/mol. The van der Waals surface area contributed by atoms with Crippen molar-refractivity contribution in [3.63, 3.8) is 0 Å². The molecule has 5 nitrogen and oxygen atoms in total. The van der Waals surface area contributed by atoms with Crippen LogP contribution in [0.4, 0.5) is 5.69 Å². The Labute approximate surface area is 119 Å². The number of aromatic nitrogens is 4. The van der Waals surface area contributed by atoms with Crippen molar-refractivity contribution in [1.82, 2.24) is 20.2 Å². The number of nitrogens with zero attached hydrogens (tertiary/aromatic N) is 4. The smallest absolute Gasteiger partial charge is 0.182 e. The molecule has 0 radical (unpaired) electrons. The summed E-state index contributed by atoms with van der Waals surface area (Å²) in [6, 6.07) is 5.89. The van der Waals surface area contributed by atoms with Gasteiger partial charge in [-0.05, 0) is 53.8 Å². The van der Waals surface area contributed by atoms with Crippen LogP contribution in [0.15, 0.2) is 18.2 Å². The monoisotopic (exact) mass is 271 g/mol. The van der Waals surface area contributed by atoms with Crippen molar-refractivity contribution in [2.45, 2.75) is 45.6 Å². The number of nitrogens with two attached hydrogens (primary N) is 1. The van der Waals surface area contributed by atoms with Gasteiger partial charge < -0.3 is 5.73 Å². The van der Waals surface area contributed by atoms with Crippen molar-refractivity contribution < 1.29 is 0 Å². The van der Waals surface area contributed by atoms with Crippen LogP contribution in [-0.2, 0) is 6.54 Å². The number of aryl methyl sites for hydroxylation is 1. The van der Waals surface area contributed by atoms with Gasteiger partial charge in [-0.25, -0.2) is 4.68 Å². The third-order valence-corrected chi connectivity index (χ3v) is 4.19. The van der Waals surface area contributed by atoms with Gasteiger partial charge in [0.1, 0.15) is 0 Å². The maximum atomic E-state index is 5.89. The lowest BCUT2D eigenvalue weighted by atomic mass is 9.89. The van der Waals surface area contributed by atoms with Gasteiger partial charge in [0.25, 0.3) is 0 Å². The Hall–Kier alpha value is -1.91. The first-order valence-corrected chi connectivity index (χ1v) is 7.36. The first-order chi connectivity index (χ1) is 9.74. The van der Waals surface area contributed by atoms with E-state index in [1.807, 2.05) is 22.9 Å². The number of hydrogen-bond acceptors (Lipinski definition) is 4. The largest absolute Gasteiger partial charge is 0.399 e. The van der Waals surface area contributed by atoms with E-state index in [1.54, 1.807) is 0 Å². The molecule has 1 saturated carbocycles. The van der Waals surface area contributed by atoms with Gasteiger partial charge in [0.15, 0.2) is 5.82 Å². The first-order valence-electron chi connectivity index (χ1n) is 7.36. The second-order valence-electron chi connectivity index (χ2n) is 5.76. The minimum absolute atomic E-state index is 0.701. The van der Waals surface area contributed by atoms with Crippen LogP contribution in [0.2, 0.25) is 0 Å². The van der Waals surface area contributed by atoms with E-state index in [4.69, 9.17) is 5.73 Å². The maximum Gasteiger partial charge on any atom is 0.182 e. The van der Waals surface area contributed by atoms with Gasteiger partial charge in [-0.3, -0.25) is 0 Å². The van der Waals surface area contributed by atoms with Crippen molar-refractivity contribution in [1.29, 1.82) is 0 Å². The molecule has 2 aromatic rings. The lowest BCUT2D eigenvalue weighted by molar-refractivity contribution is 0.307. The number of tetrazole rings is 1. The van der Waals surface area contributed by atoms with E-state index in [0.717, 1.165) is 29.2 Å². The average molecular weight is 271 g/mol. The molecular weight excluding hydrogens is 250 g/mol. The second-order valence-corrected chi connectivity index (χ2v) is 5.76. The van der Waals surface area contributed by atoms with Crippen LogP contribution >= 0.6 is 0 Å². The van der Waals surface area contributed by atoms with Gasteiger partial charge in [-0.2, -0.15) is 0 Å². The van der Waals surface area contributed by atoms with Gasteiger partial charge in [-0.1, -0.05) is 25.3 Å². The van der Waals surface area contributed by atoms with Crippen LogP contribution in [0.25, 0.3) is 11.4 Å². The van der Waals surface area contributed by atoms with Crippen molar-refractivity contribution >= 4 is 5.69 Å². The summed E-state index contributed by atoms with van der Waals surface area (Å²) >= 11 is 0. The van der Waals surface area contributed by atoms with E-state index in [-0.39, 0.29) is 0 Å². The van der Waals surface area contributed by atoms with E-state index in [9.17, 15) is 0 Å². The summed E-state index contributed by atoms with van der Waals surface area (Å²) < 4.78 is 1.94. The molecule has 1 aromatic carbocycles. The molecule has 1 heterocycles. The van der Waals surface area contributed by atoms with Gasteiger partial charge in [0, 0.05) is 17.8 Å². The Morgan fingerprint density at radius 1 is 1.25 bits per heavy atom. The minimum Gasteiger partial charge on any atom is -0.399 e. The van der Waals surface area contributed by atoms with Crippen molar-refractivity contribution in [3.8, 4) is 11.4 Å². The van der Waals surface area contributed by atoms with Crippen LogP contribution in [0.3, 0.4) is 0 Å². The van der Waals surface area contributed by atoms with Crippen LogP contribution in [-0.4, -0.2) is 20.2 Å². The molecule has 0 atom stereocenters. The van der Waals surface area contributed by atoms with E-state index in [1.165, 1.54) is 32.1 Å². The molecule has 0 saturated heterocycles. The maximum absolute atomic E-state index is 5.89. The van der Waals surface area contributed by atoms with E-state index < -0.39 is 0 Å². The van der Waals surface area contributed by atoms with Gasteiger partial charge in [0.2, 0.25) is 0 Å². The zero-order valence-corrected chi connectivity index (χ0v) is 11.9. The molecule has 1 aliphatic rings. The number of hydrogen-bond donors (Lipinski definition) is 1. The summed E-state index contributed by atoms with van der Waals surface area (Å²) in [5.41, 5.74) is 8.82. The molecule has 0 amide bonds. The molecule has 0 unspecified atom stereocenters. The average Bonchev–Trinajstić information content (AvgIpc) is 2.91. The second kappa shape index (κ2) is 5.61. The quantitative estimate of drug-likeness (QED) is 0.871. The summed E-state index contributed by atoms with van der Waals surface area (Å²) in [6.07, 6.45) is 6.61. The first kappa shape index (κ1) is 13.1. The Morgan fingerprint density at radius 3 is 2.85 bits per heavy atom. The topological polar surface area (TPSA) is 69.6 Å². The number of nitrogen functional groups attached to an aromatic ring is 1. The molecular formula is C15H21N5. The van der Waals surface area contributed by atoms with Crippen LogP contribution in [0.1, 0.15) is 37.7 Å². The summed E-state index contributed by atoms with van der Waals surface area (Å²) in [6.45, 7) is 2.98. The number of benzene rings is 1. The fourth-order valence-electron chi connectivity index (χ4n) is 3.02. The van der Waals surface area contributed by atoms with Crippen LogP contribution < -0.4 is 5.73 Å². The van der Waals surface area contributed by atoms with Gasteiger partial charge in [-0.15, -0.1) is 5.10 Å². The highest BCUT2D eigenvalue weighted by molar-refractivity contribution is 5.65. The highest BCUT2D eigenvalue weighted by Crippen LogP contribution is 2.28. The SMILES string of the molecule is Cc1ccc(N)cc1-c1nnnn1CC1CCCCC1. The summed E-state index contributed by atoms with van der Waals surface area (Å²) in [7, 11) is 0. The molecule has 1 aliphatic carbocycles. The summed E-state index contributed by atoms with van der Waals surface area (Å²) in [4.78, 5) is 0. The summed E-state index contributed by atoms with van der Waals surface area (Å²) in [5.74, 6) is 1.53. The van der Waals surface area contributed by atoms with Gasteiger partial charge >= 0.3 is 0 Å². The normalized spacial score (nSPS) is 16.4. The molecule has 0 bridgehead atoms. The fourth-order valence-corrected chi connectivity index (χ4v) is 3.02. The van der Waals surface area contributed by atoms with Crippen molar-refractivity contribution in [2.24, 2.45) is 5.92 Å². The van der Waals surface area contributed by atoms with Crippen LogP contribution in [0.5, 0.6) is 0 Å². The van der Waals surface area contributed by atoms with E-state index in [2.05, 4.69) is 22.4 Å². The number of anilines is 1. The molecule has 20 heavy (non-hydrogen) atoms. The number of rotatable bonds is 3. The Morgan fingerprint density at radius 2 is 2.05 bits per heavy atom. The fraction of sp³-hybridized carbons (Fsp3) is 0.533.